The zero-order valence-electron chi connectivity index (χ0n) is 18.6. The highest BCUT2D eigenvalue weighted by atomic mass is 32.1. The number of hydrogen-bond donors (Lipinski definition) is 1. The number of benzene rings is 1. The van der Waals surface area contributed by atoms with Crippen molar-refractivity contribution in [3.63, 3.8) is 0 Å². The topological polar surface area (TPSA) is 31.5 Å². The maximum Gasteiger partial charge on any atom is 0.401 e. The van der Waals surface area contributed by atoms with Crippen LogP contribution in [0.25, 0.3) is 10.9 Å². The highest BCUT2D eigenvalue weighted by Gasteiger charge is 2.35. The van der Waals surface area contributed by atoms with Gasteiger partial charge in [-0.25, -0.2) is 0 Å². The van der Waals surface area contributed by atoms with E-state index in [0.29, 0.717) is 25.5 Å². The minimum atomic E-state index is -4.14. The summed E-state index contributed by atoms with van der Waals surface area (Å²) >= 11 is 1.62. The molecule has 0 bridgehead atoms. The lowest BCUT2D eigenvalue weighted by Gasteiger charge is -2.38. The first-order valence-corrected chi connectivity index (χ1v) is 12.1. The normalized spacial score (nSPS) is 19.6. The molecular weight excluding hydrogens is 454 g/mol. The third kappa shape index (κ3) is 6.28. The first-order valence-electron chi connectivity index (χ1n) is 11.2. The molecule has 4 heterocycles. The molecule has 3 aromatic rings. The Bertz CT molecular complexity index is 1010. The van der Waals surface area contributed by atoms with Crippen LogP contribution in [-0.2, 0) is 13.0 Å². The smallest absolute Gasteiger partial charge is 0.401 e. The van der Waals surface area contributed by atoms with Crippen molar-refractivity contribution < 1.29 is 22.3 Å². The Kier molecular flexibility index (Phi) is 7.61. The van der Waals surface area contributed by atoms with E-state index in [1.54, 1.807) is 11.3 Å². The van der Waals surface area contributed by atoms with Crippen LogP contribution in [0.15, 0.2) is 41.8 Å². The number of halogens is 4. The summed E-state index contributed by atoms with van der Waals surface area (Å²) in [5.74, 6) is 0. The van der Waals surface area contributed by atoms with E-state index in [4.69, 9.17) is 4.74 Å². The van der Waals surface area contributed by atoms with Crippen LogP contribution in [0.3, 0.4) is 0 Å². The third-order valence-corrected chi connectivity index (χ3v) is 6.84. The van der Waals surface area contributed by atoms with Gasteiger partial charge >= 0.3 is 6.18 Å². The predicted octanol–water partition coefficient (Wildman–Crippen LogP) is 5.65. The van der Waals surface area contributed by atoms with Crippen LogP contribution in [0, 0.1) is 0 Å². The monoisotopic (exact) mass is 483 g/mol. The summed E-state index contributed by atoms with van der Waals surface area (Å²) < 4.78 is 55.2. The second kappa shape index (κ2) is 10.4. The van der Waals surface area contributed by atoms with Crippen LogP contribution >= 0.6 is 11.3 Å². The quantitative estimate of drug-likeness (QED) is 0.460. The third-order valence-electron chi connectivity index (χ3n) is 6.08. The van der Waals surface area contributed by atoms with Crippen LogP contribution in [0.5, 0.6) is 5.06 Å². The van der Waals surface area contributed by atoms with Gasteiger partial charge in [-0.2, -0.15) is 13.2 Å². The van der Waals surface area contributed by atoms with Gasteiger partial charge in [-0.1, -0.05) is 18.2 Å². The fourth-order valence-electron chi connectivity index (χ4n) is 4.41. The van der Waals surface area contributed by atoms with Gasteiger partial charge in [-0.05, 0) is 48.9 Å². The number of alkyl halides is 4. The number of aromatic amines is 1. The van der Waals surface area contributed by atoms with Crippen molar-refractivity contribution in [3.05, 3.63) is 53.0 Å². The molecule has 33 heavy (non-hydrogen) atoms. The van der Waals surface area contributed by atoms with Crippen LogP contribution in [0.2, 0.25) is 0 Å². The maximum atomic E-state index is 12.5. The molecule has 4 nitrogen and oxygen atoms in total. The highest BCUT2D eigenvalue weighted by molar-refractivity contribution is 7.11. The predicted molar refractivity (Wildman–Crippen MR) is 124 cm³/mol. The van der Waals surface area contributed by atoms with Gasteiger partial charge in [0.2, 0.25) is 0 Å². The molecular formula is C24H29F4N3OS. The molecule has 0 amide bonds. The van der Waals surface area contributed by atoms with Crippen LogP contribution < -0.4 is 4.74 Å². The van der Waals surface area contributed by atoms with Gasteiger partial charge in [0.1, 0.15) is 6.10 Å². The number of nitrogens with zero attached hydrogens (tertiary/aromatic N) is 2. The van der Waals surface area contributed by atoms with E-state index in [0.717, 1.165) is 41.3 Å². The Balaban J connectivity index is 0.000000165. The number of hydrogen-bond acceptors (Lipinski definition) is 4. The van der Waals surface area contributed by atoms with Crippen molar-refractivity contribution in [2.75, 3.05) is 32.9 Å². The van der Waals surface area contributed by atoms with Gasteiger partial charge in [0, 0.05) is 48.8 Å². The Labute approximate surface area is 195 Å². The number of rotatable bonds is 6. The molecule has 0 spiro atoms. The Morgan fingerprint density at radius 1 is 1.15 bits per heavy atom. The number of H-pyrrole nitrogens is 1. The molecule has 1 aromatic carbocycles. The Hall–Kier alpha value is -2.10. The summed E-state index contributed by atoms with van der Waals surface area (Å²) in [6, 6.07) is 11.8. The fraction of sp³-hybridized carbons (Fsp3) is 0.500. The maximum absolute atomic E-state index is 12.5. The van der Waals surface area contributed by atoms with Crippen molar-refractivity contribution in [1.82, 2.24) is 14.8 Å². The molecule has 9 heteroatoms. The van der Waals surface area contributed by atoms with Gasteiger partial charge < -0.3 is 9.72 Å². The molecule has 1 fully saturated rings. The molecule has 1 unspecified atom stereocenters. The van der Waals surface area contributed by atoms with Gasteiger partial charge in [0.15, 0.2) is 5.06 Å². The SMILES string of the molecule is CC1Cc2c([nH]c3ccccc23)CN1CC(F)(F)F.FCCCN1CC(Oc2cccs2)C1. The molecule has 0 radical (unpaired) electrons. The van der Waals surface area contributed by atoms with E-state index in [9.17, 15) is 17.6 Å². The molecule has 1 saturated heterocycles. The number of para-hydroxylation sites is 1. The van der Waals surface area contributed by atoms with E-state index in [1.807, 2.05) is 48.7 Å². The van der Waals surface area contributed by atoms with Crippen LogP contribution in [-0.4, -0.2) is 66.0 Å². The molecule has 5 rings (SSSR count). The van der Waals surface area contributed by atoms with Crippen molar-refractivity contribution in [1.29, 1.82) is 0 Å². The molecule has 2 aliphatic heterocycles. The number of aromatic nitrogens is 1. The lowest BCUT2D eigenvalue weighted by atomic mass is 9.98. The van der Waals surface area contributed by atoms with E-state index in [1.165, 1.54) is 10.5 Å². The van der Waals surface area contributed by atoms with Crippen LogP contribution in [0.4, 0.5) is 17.6 Å². The lowest BCUT2D eigenvalue weighted by molar-refractivity contribution is -0.152. The fourth-order valence-corrected chi connectivity index (χ4v) is 5.05. The van der Waals surface area contributed by atoms with E-state index >= 15 is 0 Å². The van der Waals surface area contributed by atoms with E-state index in [-0.39, 0.29) is 12.7 Å². The summed E-state index contributed by atoms with van der Waals surface area (Å²) in [5, 5.41) is 4.13. The van der Waals surface area contributed by atoms with Gasteiger partial charge in [0.25, 0.3) is 0 Å². The second-order valence-electron chi connectivity index (χ2n) is 8.68. The summed E-state index contributed by atoms with van der Waals surface area (Å²) in [7, 11) is 0. The standard InChI is InChI=1S/C14H15F3N2.C10H14FNOS/c1-9-6-11-10-4-2-3-5-12(10)18-13(11)7-19(9)8-14(15,16)17;11-4-2-5-12-7-9(8-12)13-10-3-1-6-14-10/h2-5,9,18H,6-8H2,1H3;1,3,6,9H,2,4-5,7-8H2. The molecule has 1 N–H and O–H groups in total. The minimum absolute atomic E-state index is 0.0895. The number of thiophene rings is 1. The zero-order valence-corrected chi connectivity index (χ0v) is 19.4. The molecule has 0 saturated carbocycles. The molecule has 180 valence electrons. The van der Waals surface area contributed by atoms with E-state index < -0.39 is 12.7 Å². The number of likely N-dealkylation sites (tertiary alicyclic amines) is 1. The summed E-state index contributed by atoms with van der Waals surface area (Å²) in [6.07, 6.45) is -2.52. The van der Waals surface area contributed by atoms with Gasteiger partial charge in [-0.15, -0.1) is 11.3 Å². The lowest BCUT2D eigenvalue weighted by Crippen LogP contribution is -2.53. The van der Waals surface area contributed by atoms with Gasteiger partial charge in [-0.3, -0.25) is 14.2 Å². The largest absolute Gasteiger partial charge is 0.478 e. The van der Waals surface area contributed by atoms with Gasteiger partial charge in [0.05, 0.1) is 13.2 Å². The van der Waals surface area contributed by atoms with Crippen molar-refractivity contribution in [2.45, 2.75) is 44.6 Å². The first-order chi connectivity index (χ1) is 15.8. The first kappa shape index (κ1) is 24.0. The molecule has 2 aliphatic rings. The average molecular weight is 484 g/mol. The summed E-state index contributed by atoms with van der Waals surface area (Å²) in [4.78, 5) is 6.95. The summed E-state index contributed by atoms with van der Waals surface area (Å²) in [5.41, 5.74) is 3.10. The highest BCUT2D eigenvalue weighted by Crippen LogP contribution is 2.31. The molecule has 2 aromatic heterocycles. The minimum Gasteiger partial charge on any atom is -0.478 e. The second-order valence-corrected chi connectivity index (χ2v) is 9.59. The van der Waals surface area contributed by atoms with Crippen molar-refractivity contribution in [2.24, 2.45) is 0 Å². The zero-order chi connectivity index (χ0) is 23.4. The number of nitrogens with one attached hydrogen (secondary N) is 1. The number of fused-ring (bicyclic) bond motifs is 3. The molecule has 0 aliphatic carbocycles. The number of ether oxygens (including phenoxy) is 1. The van der Waals surface area contributed by atoms with E-state index in [2.05, 4.69) is 9.88 Å². The molecule has 1 atom stereocenters. The van der Waals surface area contributed by atoms with Crippen LogP contribution in [0.1, 0.15) is 24.6 Å². The Morgan fingerprint density at radius 2 is 1.94 bits per heavy atom. The van der Waals surface area contributed by atoms with Crippen molar-refractivity contribution in [3.8, 4) is 5.06 Å². The average Bonchev–Trinajstić information content (AvgIpc) is 3.37. The van der Waals surface area contributed by atoms with Crippen molar-refractivity contribution >= 4 is 22.2 Å². The Morgan fingerprint density at radius 3 is 2.64 bits per heavy atom. The summed E-state index contributed by atoms with van der Waals surface area (Å²) in [6.45, 7) is 3.88.